The van der Waals surface area contributed by atoms with Gasteiger partial charge in [0, 0.05) is 26.2 Å². The number of primary amides is 1. The molecule has 0 aliphatic rings. The van der Waals surface area contributed by atoms with Crippen LogP contribution < -0.4 is 10.6 Å². The van der Waals surface area contributed by atoms with Crippen molar-refractivity contribution in [1.82, 2.24) is 10.1 Å². The first-order valence-electron chi connectivity index (χ1n) is 6.65. The maximum absolute atomic E-state index is 12.5. The van der Waals surface area contributed by atoms with Crippen LogP contribution in [0.2, 0.25) is 0 Å². The van der Waals surface area contributed by atoms with Gasteiger partial charge in [-0.2, -0.15) is 18.2 Å². The van der Waals surface area contributed by atoms with Gasteiger partial charge in [0.25, 0.3) is 0 Å². The molecule has 0 aliphatic heterocycles. The summed E-state index contributed by atoms with van der Waals surface area (Å²) >= 11 is 0. The molecule has 23 heavy (non-hydrogen) atoms. The van der Waals surface area contributed by atoms with Gasteiger partial charge in [0.15, 0.2) is 5.82 Å². The molecule has 1 heterocycles. The molecular weight excluding hydrogens is 313 g/mol. The fourth-order valence-electron chi connectivity index (χ4n) is 2.04. The number of amides is 1. The zero-order chi connectivity index (χ0) is 17.2. The smallest absolute Gasteiger partial charge is 0.378 e. The summed E-state index contributed by atoms with van der Waals surface area (Å²) in [7, 11) is 3.65. The lowest BCUT2D eigenvalue weighted by atomic mass is 9.94. The largest absolute Gasteiger partial charge is 0.471 e. The van der Waals surface area contributed by atoms with Crippen LogP contribution in [0.25, 0.3) is 0 Å². The van der Waals surface area contributed by atoms with Crippen molar-refractivity contribution < 1.29 is 22.5 Å². The van der Waals surface area contributed by atoms with Crippen LogP contribution in [-0.2, 0) is 17.4 Å². The SMILES string of the molecule is CN(C)c1cccc(C(Cc2noc(C(F)(F)F)n2)C(N)=O)c1. The van der Waals surface area contributed by atoms with Gasteiger partial charge in [0.2, 0.25) is 5.91 Å². The Balaban J connectivity index is 2.28. The zero-order valence-corrected chi connectivity index (χ0v) is 12.5. The van der Waals surface area contributed by atoms with E-state index in [4.69, 9.17) is 5.73 Å². The molecule has 2 aromatic rings. The molecule has 1 atom stereocenters. The third-order valence-electron chi connectivity index (χ3n) is 3.23. The highest BCUT2D eigenvalue weighted by molar-refractivity contribution is 5.82. The molecule has 6 nitrogen and oxygen atoms in total. The second kappa shape index (κ2) is 6.27. The third-order valence-corrected chi connectivity index (χ3v) is 3.23. The van der Waals surface area contributed by atoms with E-state index in [1.165, 1.54) is 0 Å². The highest BCUT2D eigenvalue weighted by Gasteiger charge is 2.38. The summed E-state index contributed by atoms with van der Waals surface area (Å²) in [5.74, 6) is -3.21. The number of hydrogen-bond acceptors (Lipinski definition) is 5. The average molecular weight is 328 g/mol. The van der Waals surface area contributed by atoms with Crippen LogP contribution in [-0.4, -0.2) is 30.1 Å². The molecular formula is C14H15F3N4O2. The molecule has 0 radical (unpaired) electrons. The van der Waals surface area contributed by atoms with Crippen molar-refractivity contribution in [3.8, 4) is 0 Å². The van der Waals surface area contributed by atoms with Gasteiger partial charge in [-0.1, -0.05) is 17.3 Å². The van der Waals surface area contributed by atoms with Crippen LogP contribution in [0.4, 0.5) is 18.9 Å². The highest BCUT2D eigenvalue weighted by Crippen LogP contribution is 2.29. The Hall–Kier alpha value is -2.58. The van der Waals surface area contributed by atoms with Gasteiger partial charge < -0.3 is 15.2 Å². The maximum Gasteiger partial charge on any atom is 0.471 e. The topological polar surface area (TPSA) is 85.2 Å². The fraction of sp³-hybridized carbons (Fsp3) is 0.357. The Morgan fingerprint density at radius 2 is 2.09 bits per heavy atom. The molecule has 0 fully saturated rings. The Morgan fingerprint density at radius 3 is 2.61 bits per heavy atom. The summed E-state index contributed by atoms with van der Waals surface area (Å²) in [6.45, 7) is 0. The molecule has 0 saturated heterocycles. The summed E-state index contributed by atoms with van der Waals surface area (Å²) < 4.78 is 41.6. The van der Waals surface area contributed by atoms with Crippen molar-refractivity contribution in [2.75, 3.05) is 19.0 Å². The number of nitrogens with two attached hydrogens (primary N) is 1. The maximum atomic E-state index is 12.5. The lowest BCUT2D eigenvalue weighted by molar-refractivity contribution is -0.159. The molecule has 1 amide bonds. The first-order chi connectivity index (χ1) is 10.7. The van der Waals surface area contributed by atoms with Crippen LogP contribution in [0.15, 0.2) is 28.8 Å². The van der Waals surface area contributed by atoms with Crippen LogP contribution in [0, 0.1) is 0 Å². The van der Waals surface area contributed by atoms with Crippen LogP contribution in [0.5, 0.6) is 0 Å². The van der Waals surface area contributed by atoms with Crippen molar-refractivity contribution >= 4 is 11.6 Å². The first-order valence-corrected chi connectivity index (χ1v) is 6.65. The van der Waals surface area contributed by atoms with Crippen LogP contribution in [0.3, 0.4) is 0 Å². The van der Waals surface area contributed by atoms with E-state index in [9.17, 15) is 18.0 Å². The van der Waals surface area contributed by atoms with Gasteiger partial charge >= 0.3 is 12.1 Å². The van der Waals surface area contributed by atoms with Gasteiger partial charge in [0.1, 0.15) is 0 Å². The minimum atomic E-state index is -4.72. The second-order valence-electron chi connectivity index (χ2n) is 5.16. The Morgan fingerprint density at radius 1 is 1.39 bits per heavy atom. The van der Waals surface area contributed by atoms with Gasteiger partial charge in [-0.05, 0) is 17.7 Å². The summed E-state index contributed by atoms with van der Waals surface area (Å²) in [5.41, 5.74) is 6.78. The molecule has 2 N–H and O–H groups in total. The van der Waals surface area contributed by atoms with Gasteiger partial charge in [-0.25, -0.2) is 0 Å². The molecule has 0 spiro atoms. The van der Waals surface area contributed by atoms with E-state index in [0.29, 0.717) is 5.56 Å². The lowest BCUT2D eigenvalue weighted by Crippen LogP contribution is -2.24. The van der Waals surface area contributed by atoms with Crippen LogP contribution in [0.1, 0.15) is 23.2 Å². The number of hydrogen-bond donors (Lipinski definition) is 1. The number of halogens is 3. The van der Waals surface area contributed by atoms with E-state index in [2.05, 4.69) is 14.7 Å². The predicted octanol–water partition coefficient (Wildman–Crippen LogP) is 1.97. The number of nitrogens with zero attached hydrogens (tertiary/aromatic N) is 3. The van der Waals surface area contributed by atoms with E-state index in [1.807, 2.05) is 25.1 Å². The predicted molar refractivity (Wildman–Crippen MR) is 75.7 cm³/mol. The molecule has 9 heteroatoms. The highest BCUT2D eigenvalue weighted by atomic mass is 19.4. The van der Waals surface area contributed by atoms with Crippen molar-refractivity contribution in [3.63, 3.8) is 0 Å². The summed E-state index contributed by atoms with van der Waals surface area (Å²) in [6.07, 6.45) is -4.90. The van der Waals surface area contributed by atoms with Crippen molar-refractivity contribution in [3.05, 3.63) is 41.5 Å². The molecule has 1 aromatic carbocycles. The van der Waals surface area contributed by atoms with E-state index < -0.39 is 23.9 Å². The van der Waals surface area contributed by atoms with E-state index in [1.54, 1.807) is 18.2 Å². The second-order valence-corrected chi connectivity index (χ2v) is 5.16. The summed E-state index contributed by atoms with van der Waals surface area (Å²) in [5, 5.41) is 3.26. The molecule has 1 unspecified atom stereocenters. The minimum absolute atomic E-state index is 0.175. The molecule has 0 saturated carbocycles. The van der Waals surface area contributed by atoms with Crippen molar-refractivity contribution in [2.45, 2.75) is 18.5 Å². The minimum Gasteiger partial charge on any atom is -0.378 e. The normalized spacial score (nSPS) is 12.9. The first kappa shape index (κ1) is 16.8. The Kier molecular flexibility index (Phi) is 4.57. The standard InChI is InChI=1S/C14H15F3N4O2/c1-21(2)9-5-3-4-8(6-9)10(12(18)22)7-11-19-13(23-20-11)14(15,16)17/h3-6,10H,7H2,1-2H3,(H2,18,22). The fourth-order valence-corrected chi connectivity index (χ4v) is 2.04. The quantitative estimate of drug-likeness (QED) is 0.907. The Bertz CT molecular complexity index is 697. The van der Waals surface area contributed by atoms with Gasteiger partial charge in [-0.3, -0.25) is 4.79 Å². The van der Waals surface area contributed by atoms with Crippen molar-refractivity contribution in [1.29, 1.82) is 0 Å². The Labute approximate surface area is 130 Å². The number of aromatic nitrogens is 2. The monoisotopic (exact) mass is 328 g/mol. The molecule has 2 rings (SSSR count). The number of rotatable bonds is 5. The molecule has 0 aliphatic carbocycles. The molecule has 1 aromatic heterocycles. The van der Waals surface area contributed by atoms with Crippen LogP contribution >= 0.6 is 0 Å². The molecule has 0 bridgehead atoms. The number of carbonyl (C=O) groups excluding carboxylic acids is 1. The molecule has 124 valence electrons. The average Bonchev–Trinajstić information content (AvgIpc) is 2.93. The van der Waals surface area contributed by atoms with E-state index in [0.717, 1.165) is 5.69 Å². The van der Waals surface area contributed by atoms with Gasteiger partial charge in [0.05, 0.1) is 5.92 Å². The number of alkyl halides is 3. The van der Waals surface area contributed by atoms with Crippen molar-refractivity contribution in [2.24, 2.45) is 5.73 Å². The van der Waals surface area contributed by atoms with E-state index in [-0.39, 0.29) is 12.2 Å². The number of carbonyl (C=O) groups is 1. The third kappa shape index (κ3) is 3.99. The summed E-state index contributed by atoms with van der Waals surface area (Å²) in [6, 6.07) is 6.98. The van der Waals surface area contributed by atoms with Gasteiger partial charge in [-0.15, -0.1) is 0 Å². The lowest BCUT2D eigenvalue weighted by Gasteiger charge is -2.17. The number of benzene rings is 1. The van der Waals surface area contributed by atoms with E-state index >= 15 is 0 Å². The summed E-state index contributed by atoms with van der Waals surface area (Å²) in [4.78, 5) is 16.8. The number of anilines is 1. The zero-order valence-electron chi connectivity index (χ0n) is 12.5.